The lowest BCUT2D eigenvalue weighted by Crippen LogP contribution is -2.47. The molecule has 0 spiro atoms. The first-order chi connectivity index (χ1) is 12.9. The molecule has 1 aromatic carbocycles. The van der Waals surface area contributed by atoms with Crippen LogP contribution in [0.5, 0.6) is 0 Å². The molecule has 5 rings (SSSR count). The van der Waals surface area contributed by atoms with E-state index in [0.717, 1.165) is 37.0 Å². The van der Waals surface area contributed by atoms with Crippen molar-refractivity contribution in [2.45, 2.75) is 44.9 Å². The number of nitro benzene ring substituents is 1. The zero-order valence-corrected chi connectivity index (χ0v) is 15.2. The number of non-ortho nitro benzene ring substituents is 1. The van der Waals surface area contributed by atoms with Crippen molar-refractivity contribution in [1.29, 1.82) is 0 Å². The van der Waals surface area contributed by atoms with E-state index in [-0.39, 0.29) is 23.7 Å². The highest BCUT2D eigenvalue weighted by molar-refractivity contribution is 5.93. The quantitative estimate of drug-likeness (QED) is 0.466. The highest BCUT2D eigenvalue weighted by Crippen LogP contribution is 2.61. The van der Waals surface area contributed by atoms with Gasteiger partial charge >= 0.3 is 5.97 Å². The molecule has 1 amide bonds. The third kappa shape index (κ3) is 3.96. The van der Waals surface area contributed by atoms with E-state index < -0.39 is 10.8 Å². The Morgan fingerprint density at radius 1 is 1.15 bits per heavy atom. The summed E-state index contributed by atoms with van der Waals surface area (Å²) in [5.41, 5.74) is 0.292. The van der Waals surface area contributed by atoms with Gasteiger partial charge in [-0.3, -0.25) is 19.7 Å². The number of nitro groups is 1. The number of carbonyl (C=O) groups is 2. The van der Waals surface area contributed by atoms with E-state index in [9.17, 15) is 19.7 Å². The summed E-state index contributed by atoms with van der Waals surface area (Å²) in [6.07, 6.45) is 7.72. The molecule has 4 aliphatic rings. The van der Waals surface area contributed by atoms with Crippen LogP contribution in [0.3, 0.4) is 0 Å². The molecule has 0 radical (unpaired) electrons. The largest absolute Gasteiger partial charge is 0.456 e. The van der Waals surface area contributed by atoms with Gasteiger partial charge in [0.1, 0.15) is 0 Å². The minimum absolute atomic E-state index is 0.0857. The molecule has 4 saturated carbocycles. The maximum atomic E-state index is 12.3. The molecule has 1 aromatic rings. The molecule has 0 aromatic heterocycles. The third-order valence-corrected chi connectivity index (χ3v) is 6.39. The maximum absolute atomic E-state index is 12.3. The van der Waals surface area contributed by atoms with Crippen molar-refractivity contribution in [2.75, 3.05) is 11.9 Å². The molecule has 7 nitrogen and oxygen atoms in total. The minimum Gasteiger partial charge on any atom is -0.456 e. The van der Waals surface area contributed by atoms with Gasteiger partial charge in [0.25, 0.3) is 11.6 Å². The second kappa shape index (κ2) is 6.94. The number of nitrogens with one attached hydrogen (secondary N) is 1. The topological polar surface area (TPSA) is 98.5 Å². The molecular formula is C20H24N2O5. The molecule has 0 heterocycles. The van der Waals surface area contributed by atoms with Crippen molar-refractivity contribution < 1.29 is 19.2 Å². The van der Waals surface area contributed by atoms with Gasteiger partial charge < -0.3 is 10.1 Å². The van der Waals surface area contributed by atoms with E-state index in [1.54, 1.807) is 6.07 Å². The van der Waals surface area contributed by atoms with Gasteiger partial charge in [-0.05, 0) is 67.8 Å². The second-order valence-corrected chi connectivity index (χ2v) is 8.61. The first-order valence-corrected chi connectivity index (χ1v) is 9.61. The predicted molar refractivity (Wildman–Crippen MR) is 97.9 cm³/mol. The highest BCUT2D eigenvalue weighted by atomic mass is 16.6. The van der Waals surface area contributed by atoms with Gasteiger partial charge in [-0.15, -0.1) is 0 Å². The monoisotopic (exact) mass is 372 g/mol. The number of ether oxygens (including phenoxy) is 1. The zero-order chi connectivity index (χ0) is 19.0. The Balaban J connectivity index is 1.27. The van der Waals surface area contributed by atoms with Crippen molar-refractivity contribution in [3.8, 4) is 0 Å². The van der Waals surface area contributed by atoms with Crippen LogP contribution in [-0.4, -0.2) is 23.4 Å². The van der Waals surface area contributed by atoms with Crippen LogP contribution in [0.25, 0.3) is 0 Å². The van der Waals surface area contributed by atoms with Gasteiger partial charge in [-0.2, -0.15) is 0 Å². The summed E-state index contributed by atoms with van der Waals surface area (Å²) >= 11 is 0. The van der Waals surface area contributed by atoms with Crippen molar-refractivity contribution in [2.24, 2.45) is 23.2 Å². The van der Waals surface area contributed by atoms with Crippen LogP contribution in [0.1, 0.15) is 44.9 Å². The van der Waals surface area contributed by atoms with E-state index in [1.807, 2.05) is 0 Å². The predicted octanol–water partition coefficient (Wildman–Crippen LogP) is 3.68. The number of esters is 1. The van der Waals surface area contributed by atoms with Crippen LogP contribution in [0.4, 0.5) is 11.4 Å². The number of hydrogen-bond donors (Lipinski definition) is 1. The van der Waals surface area contributed by atoms with Crippen molar-refractivity contribution in [3.05, 3.63) is 34.4 Å². The number of rotatable bonds is 6. The lowest BCUT2D eigenvalue weighted by Gasteiger charge is -2.56. The fourth-order valence-corrected chi connectivity index (χ4v) is 5.90. The molecule has 0 aliphatic heterocycles. The van der Waals surface area contributed by atoms with E-state index >= 15 is 0 Å². The summed E-state index contributed by atoms with van der Waals surface area (Å²) in [5.74, 6) is 1.49. The van der Waals surface area contributed by atoms with Crippen molar-refractivity contribution >= 4 is 23.3 Å². The van der Waals surface area contributed by atoms with Crippen LogP contribution < -0.4 is 5.32 Å². The molecule has 4 bridgehead atoms. The first-order valence-electron chi connectivity index (χ1n) is 9.61. The number of benzene rings is 1. The Morgan fingerprint density at radius 3 is 2.37 bits per heavy atom. The molecule has 4 fully saturated rings. The molecule has 27 heavy (non-hydrogen) atoms. The van der Waals surface area contributed by atoms with E-state index in [4.69, 9.17) is 4.74 Å². The van der Waals surface area contributed by atoms with E-state index in [2.05, 4.69) is 5.32 Å². The van der Waals surface area contributed by atoms with Gasteiger partial charge in [-0.25, -0.2) is 0 Å². The van der Waals surface area contributed by atoms with Crippen molar-refractivity contribution in [1.82, 2.24) is 0 Å². The lowest BCUT2D eigenvalue weighted by atomic mass is 9.49. The van der Waals surface area contributed by atoms with Gasteiger partial charge in [0.15, 0.2) is 6.61 Å². The average molecular weight is 372 g/mol. The Kier molecular flexibility index (Phi) is 4.61. The van der Waals surface area contributed by atoms with Crippen LogP contribution in [0.2, 0.25) is 0 Å². The van der Waals surface area contributed by atoms with Crippen LogP contribution in [0, 0.1) is 33.3 Å². The summed E-state index contributed by atoms with van der Waals surface area (Å²) in [5, 5.41) is 13.3. The van der Waals surface area contributed by atoms with E-state index in [1.165, 1.54) is 37.5 Å². The number of nitrogens with zero attached hydrogens (tertiary/aromatic N) is 1. The number of carbonyl (C=O) groups excluding carboxylic acids is 2. The molecular weight excluding hydrogens is 348 g/mol. The molecule has 7 heteroatoms. The molecule has 4 aliphatic carbocycles. The second-order valence-electron chi connectivity index (χ2n) is 8.61. The fraction of sp³-hybridized carbons (Fsp3) is 0.600. The summed E-state index contributed by atoms with van der Waals surface area (Å²) < 4.78 is 5.21. The molecule has 1 N–H and O–H groups in total. The number of hydrogen-bond acceptors (Lipinski definition) is 5. The summed E-state index contributed by atoms with van der Waals surface area (Å²) in [4.78, 5) is 34.6. The summed E-state index contributed by atoms with van der Waals surface area (Å²) in [6.45, 7) is -0.367. The Labute approximate surface area is 157 Å². The molecule has 0 unspecified atom stereocenters. The van der Waals surface area contributed by atoms with Gasteiger partial charge in [0.2, 0.25) is 0 Å². The van der Waals surface area contributed by atoms with Crippen molar-refractivity contribution in [3.63, 3.8) is 0 Å². The van der Waals surface area contributed by atoms with E-state index in [0.29, 0.717) is 12.1 Å². The Morgan fingerprint density at radius 2 is 1.78 bits per heavy atom. The minimum atomic E-state index is -0.527. The Bertz CT molecular complexity index is 740. The molecule has 0 atom stereocenters. The van der Waals surface area contributed by atoms with Crippen LogP contribution in [0.15, 0.2) is 24.3 Å². The number of amides is 1. The average Bonchev–Trinajstić information content (AvgIpc) is 2.58. The lowest BCUT2D eigenvalue weighted by molar-refractivity contribution is -0.384. The fourth-order valence-electron chi connectivity index (χ4n) is 5.90. The van der Waals surface area contributed by atoms with Gasteiger partial charge in [0.05, 0.1) is 11.3 Å². The van der Waals surface area contributed by atoms with Gasteiger partial charge in [0, 0.05) is 17.8 Å². The van der Waals surface area contributed by atoms with Gasteiger partial charge in [-0.1, -0.05) is 6.07 Å². The highest BCUT2D eigenvalue weighted by Gasteiger charge is 2.51. The summed E-state index contributed by atoms with van der Waals surface area (Å²) in [6, 6.07) is 5.67. The smallest absolute Gasteiger partial charge is 0.306 e. The zero-order valence-electron chi connectivity index (χ0n) is 15.2. The molecule has 0 saturated heterocycles. The Hall–Kier alpha value is -2.44. The standard InChI is InChI=1S/C20H24N2O5/c23-18(21-16-2-1-3-17(7-16)22(25)26)12-27-19(24)11-20-8-13-4-14(9-20)6-15(5-13)10-20/h1-3,7,13-15H,4-6,8-12H2,(H,21,23). The summed E-state index contributed by atoms with van der Waals surface area (Å²) in [7, 11) is 0. The normalized spacial score (nSPS) is 30.7. The first kappa shape index (κ1) is 17.9. The maximum Gasteiger partial charge on any atom is 0.306 e. The van der Waals surface area contributed by atoms with Crippen LogP contribution >= 0.6 is 0 Å². The van der Waals surface area contributed by atoms with Crippen LogP contribution in [-0.2, 0) is 14.3 Å². The SMILES string of the molecule is O=C(COC(=O)CC12CC3CC(CC(C3)C1)C2)Nc1cccc([N+](=O)[O-])c1. The third-order valence-electron chi connectivity index (χ3n) is 6.39. The number of anilines is 1. The molecule has 144 valence electrons.